The Morgan fingerprint density at radius 3 is 2.68 bits per heavy atom. The average molecular weight is 260 g/mol. The highest BCUT2D eigenvalue weighted by Gasteiger charge is 2.41. The Morgan fingerprint density at radius 2 is 2.11 bits per heavy atom. The van der Waals surface area contributed by atoms with E-state index in [0.29, 0.717) is 5.56 Å². The Kier molecular flexibility index (Phi) is 3.40. The van der Waals surface area contributed by atoms with E-state index in [2.05, 4.69) is 10.3 Å². The maximum Gasteiger partial charge on any atom is 0.338 e. The molecule has 19 heavy (non-hydrogen) atoms. The number of nitrogens with one attached hydrogen (secondary N) is 1. The zero-order valence-corrected chi connectivity index (χ0v) is 11.3. The van der Waals surface area contributed by atoms with E-state index in [0.717, 1.165) is 30.1 Å². The van der Waals surface area contributed by atoms with E-state index in [1.807, 2.05) is 0 Å². The molecule has 0 aromatic carbocycles. The highest BCUT2D eigenvalue weighted by Crippen LogP contribution is 2.49. The van der Waals surface area contributed by atoms with Gasteiger partial charge in [0.1, 0.15) is 5.82 Å². The number of pyridine rings is 1. The van der Waals surface area contributed by atoms with Gasteiger partial charge in [-0.05, 0) is 55.6 Å². The van der Waals surface area contributed by atoms with Gasteiger partial charge in [-0.1, -0.05) is 0 Å². The van der Waals surface area contributed by atoms with Gasteiger partial charge in [0.15, 0.2) is 0 Å². The van der Waals surface area contributed by atoms with Crippen molar-refractivity contribution in [3.8, 4) is 0 Å². The minimum atomic E-state index is -0.314. The minimum Gasteiger partial charge on any atom is -0.465 e. The first-order valence-corrected chi connectivity index (χ1v) is 7.06. The largest absolute Gasteiger partial charge is 0.465 e. The summed E-state index contributed by atoms with van der Waals surface area (Å²) in [6.07, 6.45) is 7.20. The van der Waals surface area contributed by atoms with Crippen LogP contribution in [0.1, 0.15) is 36.0 Å². The maximum absolute atomic E-state index is 11.5. The Hall–Kier alpha value is -1.58. The van der Waals surface area contributed by atoms with E-state index >= 15 is 0 Å². The van der Waals surface area contributed by atoms with E-state index < -0.39 is 0 Å². The number of methoxy groups -OCH3 is 1. The van der Waals surface area contributed by atoms with Crippen LogP contribution in [0.25, 0.3) is 0 Å². The molecule has 3 rings (SSSR count). The molecule has 1 N–H and O–H groups in total. The summed E-state index contributed by atoms with van der Waals surface area (Å²) in [7, 11) is 1.39. The van der Waals surface area contributed by atoms with Crippen molar-refractivity contribution >= 4 is 11.8 Å². The summed E-state index contributed by atoms with van der Waals surface area (Å²) in [4.78, 5) is 15.7. The number of carbonyl (C=O) groups is 1. The molecular formula is C15H20N2O2. The lowest BCUT2D eigenvalue weighted by atomic mass is 9.98. The van der Waals surface area contributed by atoms with Crippen LogP contribution in [0.2, 0.25) is 0 Å². The number of aromatic nitrogens is 1. The van der Waals surface area contributed by atoms with Crippen molar-refractivity contribution in [2.24, 2.45) is 17.8 Å². The van der Waals surface area contributed by atoms with Crippen molar-refractivity contribution in [1.82, 2.24) is 4.98 Å². The quantitative estimate of drug-likeness (QED) is 0.799. The number of hydrogen-bond acceptors (Lipinski definition) is 4. The molecule has 0 saturated heterocycles. The molecule has 0 radical (unpaired) electrons. The van der Waals surface area contributed by atoms with Gasteiger partial charge in [0.05, 0.1) is 12.7 Å². The van der Waals surface area contributed by atoms with Crippen LogP contribution in [0.5, 0.6) is 0 Å². The van der Waals surface area contributed by atoms with Crippen LogP contribution in [-0.2, 0) is 4.74 Å². The molecule has 4 nitrogen and oxygen atoms in total. The molecule has 2 saturated carbocycles. The lowest BCUT2D eigenvalue weighted by Gasteiger charge is -2.16. The zero-order chi connectivity index (χ0) is 13.2. The van der Waals surface area contributed by atoms with Crippen LogP contribution in [0.4, 0.5) is 5.82 Å². The molecule has 1 aromatic heterocycles. The predicted octanol–water partition coefficient (Wildman–Crippen LogP) is 2.72. The van der Waals surface area contributed by atoms with Gasteiger partial charge in [-0.2, -0.15) is 0 Å². The van der Waals surface area contributed by atoms with Crippen LogP contribution in [0.15, 0.2) is 18.3 Å². The molecule has 2 aliphatic carbocycles. The molecule has 4 heteroatoms. The summed E-state index contributed by atoms with van der Waals surface area (Å²) >= 11 is 0. The van der Waals surface area contributed by atoms with E-state index in [4.69, 9.17) is 4.74 Å². The lowest BCUT2D eigenvalue weighted by molar-refractivity contribution is 0.0600. The fraction of sp³-hybridized carbons (Fsp3) is 0.600. The molecule has 102 valence electrons. The van der Waals surface area contributed by atoms with Crippen molar-refractivity contribution in [3.05, 3.63) is 23.9 Å². The van der Waals surface area contributed by atoms with Gasteiger partial charge in [-0.25, -0.2) is 9.78 Å². The first-order chi connectivity index (χ1) is 9.28. The van der Waals surface area contributed by atoms with Crippen molar-refractivity contribution in [1.29, 1.82) is 0 Å². The Labute approximate surface area is 113 Å². The molecular weight excluding hydrogens is 240 g/mol. The first kappa shape index (κ1) is 12.5. The van der Waals surface area contributed by atoms with Crippen LogP contribution >= 0.6 is 0 Å². The number of hydrogen-bond donors (Lipinski definition) is 1. The van der Waals surface area contributed by atoms with Gasteiger partial charge >= 0.3 is 5.97 Å². The molecule has 0 amide bonds. The second-order valence-corrected chi connectivity index (χ2v) is 5.64. The topological polar surface area (TPSA) is 51.2 Å². The SMILES string of the molecule is COC(=O)c1ccnc(NCC(C2CC2)C2CC2)c1. The fourth-order valence-corrected chi connectivity index (χ4v) is 2.76. The maximum atomic E-state index is 11.5. The fourth-order valence-electron chi connectivity index (χ4n) is 2.76. The molecule has 1 heterocycles. The summed E-state index contributed by atoms with van der Waals surface area (Å²) < 4.78 is 4.72. The highest BCUT2D eigenvalue weighted by molar-refractivity contribution is 5.89. The standard InChI is InChI=1S/C15H20N2O2/c1-19-15(18)12-6-7-16-14(8-12)17-9-13(10-2-3-10)11-4-5-11/h6-8,10-11,13H,2-5,9H2,1H3,(H,16,17). The third kappa shape index (κ3) is 3.06. The predicted molar refractivity (Wildman–Crippen MR) is 73.0 cm³/mol. The molecule has 0 aliphatic heterocycles. The zero-order valence-electron chi connectivity index (χ0n) is 11.3. The van der Waals surface area contributed by atoms with Gasteiger partial charge < -0.3 is 10.1 Å². The summed E-state index contributed by atoms with van der Waals surface area (Å²) in [5.74, 6) is 3.09. The van der Waals surface area contributed by atoms with Gasteiger partial charge in [-0.3, -0.25) is 0 Å². The number of ether oxygens (including phenoxy) is 1. The third-order valence-corrected chi connectivity index (χ3v) is 4.15. The minimum absolute atomic E-state index is 0.314. The van der Waals surface area contributed by atoms with E-state index in [9.17, 15) is 4.79 Å². The third-order valence-electron chi connectivity index (χ3n) is 4.15. The number of nitrogens with zero attached hydrogens (tertiary/aromatic N) is 1. The molecule has 0 bridgehead atoms. The van der Waals surface area contributed by atoms with Crippen LogP contribution in [0, 0.1) is 17.8 Å². The van der Waals surface area contributed by atoms with Crippen molar-refractivity contribution in [2.75, 3.05) is 19.0 Å². The molecule has 0 atom stereocenters. The van der Waals surface area contributed by atoms with Crippen molar-refractivity contribution in [2.45, 2.75) is 25.7 Å². The second-order valence-electron chi connectivity index (χ2n) is 5.64. The Balaban J connectivity index is 1.61. The van der Waals surface area contributed by atoms with Crippen molar-refractivity contribution < 1.29 is 9.53 Å². The monoisotopic (exact) mass is 260 g/mol. The number of rotatable bonds is 6. The molecule has 1 aromatic rings. The summed E-state index contributed by atoms with van der Waals surface area (Å²) in [6.45, 7) is 0.979. The highest BCUT2D eigenvalue weighted by atomic mass is 16.5. The normalized spacial score (nSPS) is 18.4. The van der Waals surface area contributed by atoms with Gasteiger partial charge in [0.2, 0.25) is 0 Å². The Bertz CT molecular complexity index is 455. The van der Waals surface area contributed by atoms with Crippen LogP contribution in [0.3, 0.4) is 0 Å². The smallest absolute Gasteiger partial charge is 0.338 e. The average Bonchev–Trinajstić information content (AvgIpc) is 3.30. The second kappa shape index (κ2) is 5.19. The van der Waals surface area contributed by atoms with Gasteiger partial charge in [0.25, 0.3) is 0 Å². The van der Waals surface area contributed by atoms with E-state index in [-0.39, 0.29) is 5.97 Å². The number of esters is 1. The summed E-state index contributed by atoms with van der Waals surface area (Å²) in [6, 6.07) is 3.44. The molecule has 2 aliphatic rings. The Morgan fingerprint density at radius 1 is 1.42 bits per heavy atom. The number of carbonyl (C=O) groups excluding carboxylic acids is 1. The van der Waals surface area contributed by atoms with Gasteiger partial charge in [0, 0.05) is 12.7 Å². The first-order valence-electron chi connectivity index (χ1n) is 7.06. The van der Waals surface area contributed by atoms with E-state index in [1.54, 1.807) is 18.3 Å². The van der Waals surface area contributed by atoms with Crippen LogP contribution < -0.4 is 5.32 Å². The van der Waals surface area contributed by atoms with E-state index in [1.165, 1.54) is 32.8 Å². The number of anilines is 1. The van der Waals surface area contributed by atoms with Crippen molar-refractivity contribution in [3.63, 3.8) is 0 Å². The summed E-state index contributed by atoms with van der Waals surface area (Å²) in [5.41, 5.74) is 0.550. The molecule has 0 spiro atoms. The van der Waals surface area contributed by atoms with Gasteiger partial charge in [-0.15, -0.1) is 0 Å². The summed E-state index contributed by atoms with van der Waals surface area (Å²) in [5, 5.41) is 3.39. The molecule has 2 fully saturated rings. The van der Waals surface area contributed by atoms with Crippen LogP contribution in [-0.4, -0.2) is 24.6 Å². The lowest BCUT2D eigenvalue weighted by Crippen LogP contribution is -2.19. The molecule has 0 unspecified atom stereocenters.